The van der Waals surface area contributed by atoms with Crippen LogP contribution in [0.3, 0.4) is 0 Å². The third-order valence-corrected chi connectivity index (χ3v) is 3.90. The fraction of sp³-hybridized carbons (Fsp3) is 0.400. The molecule has 0 amide bonds. The number of aromatic nitrogens is 1. The van der Waals surface area contributed by atoms with E-state index in [9.17, 15) is 0 Å². The number of anilines is 1. The fourth-order valence-electron chi connectivity index (χ4n) is 1.90. The van der Waals surface area contributed by atoms with Gasteiger partial charge in [0.1, 0.15) is 0 Å². The van der Waals surface area contributed by atoms with Crippen molar-refractivity contribution in [3.63, 3.8) is 0 Å². The summed E-state index contributed by atoms with van der Waals surface area (Å²) in [5.41, 5.74) is 2.35. The van der Waals surface area contributed by atoms with Gasteiger partial charge in [-0.05, 0) is 30.5 Å². The number of nitrogens with one attached hydrogen (secondary N) is 1. The topological polar surface area (TPSA) is 43.4 Å². The van der Waals surface area contributed by atoms with E-state index in [0.717, 1.165) is 41.7 Å². The fourth-order valence-corrected chi connectivity index (χ4v) is 2.72. The summed E-state index contributed by atoms with van der Waals surface area (Å²) in [5, 5.41) is 6.43. The summed E-state index contributed by atoms with van der Waals surface area (Å²) in [6.45, 7) is 2.97. The van der Waals surface area contributed by atoms with Crippen molar-refractivity contribution in [1.29, 1.82) is 0 Å². The van der Waals surface area contributed by atoms with E-state index in [1.807, 2.05) is 12.1 Å². The number of thiazole rings is 1. The quantitative estimate of drug-likeness (QED) is 0.849. The Balaban J connectivity index is 1.90. The predicted octanol–water partition coefficient (Wildman–Crippen LogP) is 3.38. The molecule has 1 N–H and O–H groups in total. The van der Waals surface area contributed by atoms with Gasteiger partial charge in [0.15, 0.2) is 16.6 Å². The van der Waals surface area contributed by atoms with Gasteiger partial charge in [-0.3, -0.25) is 0 Å². The summed E-state index contributed by atoms with van der Waals surface area (Å²) in [6, 6.07) is 6.01. The number of aryl methyl sites for hydroxylation is 1. The van der Waals surface area contributed by atoms with Gasteiger partial charge in [-0.25, -0.2) is 4.98 Å². The van der Waals surface area contributed by atoms with Crippen LogP contribution in [0, 0.1) is 0 Å². The minimum atomic E-state index is 0.761. The number of methoxy groups -OCH3 is 2. The zero-order chi connectivity index (χ0) is 14.4. The standard InChI is InChI=1S/C15H20N2O2S/c1-4-12-10-20-15(17-12)16-8-7-11-5-6-13(18-2)14(9-11)19-3/h5-6,9-10H,4,7-8H2,1-3H3,(H,16,17). The summed E-state index contributed by atoms with van der Waals surface area (Å²) >= 11 is 1.66. The monoisotopic (exact) mass is 292 g/mol. The molecule has 0 aliphatic rings. The maximum absolute atomic E-state index is 5.30. The van der Waals surface area contributed by atoms with Gasteiger partial charge >= 0.3 is 0 Å². The van der Waals surface area contributed by atoms with Crippen LogP contribution < -0.4 is 14.8 Å². The molecule has 1 aromatic carbocycles. The molecule has 4 nitrogen and oxygen atoms in total. The van der Waals surface area contributed by atoms with Crippen LogP contribution in [0.5, 0.6) is 11.5 Å². The molecule has 0 saturated heterocycles. The van der Waals surface area contributed by atoms with Gasteiger partial charge in [-0.1, -0.05) is 13.0 Å². The molecule has 0 aliphatic heterocycles. The highest BCUT2D eigenvalue weighted by atomic mass is 32.1. The first-order valence-corrected chi connectivity index (χ1v) is 7.54. The molecule has 0 bridgehead atoms. The van der Waals surface area contributed by atoms with Gasteiger partial charge in [-0.2, -0.15) is 0 Å². The SMILES string of the molecule is CCc1csc(NCCc2ccc(OC)c(OC)c2)n1. The van der Waals surface area contributed by atoms with E-state index in [1.54, 1.807) is 25.6 Å². The maximum atomic E-state index is 5.30. The highest BCUT2D eigenvalue weighted by Gasteiger charge is 2.05. The van der Waals surface area contributed by atoms with E-state index >= 15 is 0 Å². The second kappa shape index (κ2) is 7.14. The highest BCUT2D eigenvalue weighted by molar-refractivity contribution is 7.13. The van der Waals surface area contributed by atoms with Crippen molar-refractivity contribution in [3.8, 4) is 11.5 Å². The molecule has 0 aliphatic carbocycles. The zero-order valence-electron chi connectivity index (χ0n) is 12.1. The Hall–Kier alpha value is -1.75. The molecule has 20 heavy (non-hydrogen) atoms. The number of benzene rings is 1. The predicted molar refractivity (Wildman–Crippen MR) is 83.2 cm³/mol. The summed E-state index contributed by atoms with van der Waals surface area (Å²) in [4.78, 5) is 4.48. The van der Waals surface area contributed by atoms with Crippen LogP contribution in [-0.4, -0.2) is 25.7 Å². The van der Waals surface area contributed by atoms with Crippen LogP contribution in [0.1, 0.15) is 18.2 Å². The van der Waals surface area contributed by atoms with E-state index in [0.29, 0.717) is 0 Å². The van der Waals surface area contributed by atoms with Crippen molar-refractivity contribution in [2.75, 3.05) is 26.1 Å². The van der Waals surface area contributed by atoms with Crippen LogP contribution in [0.15, 0.2) is 23.6 Å². The van der Waals surface area contributed by atoms with Crippen LogP contribution in [0.4, 0.5) is 5.13 Å². The minimum absolute atomic E-state index is 0.761. The van der Waals surface area contributed by atoms with Crippen molar-refractivity contribution in [3.05, 3.63) is 34.8 Å². The third-order valence-electron chi connectivity index (χ3n) is 3.05. The Bertz CT molecular complexity index is 555. The van der Waals surface area contributed by atoms with Gasteiger partial charge in [0.25, 0.3) is 0 Å². The third kappa shape index (κ3) is 3.63. The number of nitrogens with zero attached hydrogens (tertiary/aromatic N) is 1. The maximum Gasteiger partial charge on any atom is 0.182 e. The zero-order valence-corrected chi connectivity index (χ0v) is 12.9. The Kier molecular flexibility index (Phi) is 5.24. The number of hydrogen-bond acceptors (Lipinski definition) is 5. The summed E-state index contributed by atoms with van der Waals surface area (Å²) in [6.07, 6.45) is 1.90. The first-order valence-electron chi connectivity index (χ1n) is 6.66. The van der Waals surface area contributed by atoms with Gasteiger partial charge in [0.2, 0.25) is 0 Å². The molecular weight excluding hydrogens is 272 g/mol. The van der Waals surface area contributed by atoms with Crippen molar-refractivity contribution in [1.82, 2.24) is 4.98 Å². The normalized spacial score (nSPS) is 10.3. The van der Waals surface area contributed by atoms with Crippen LogP contribution in [0.25, 0.3) is 0 Å². The number of rotatable bonds is 7. The molecule has 108 valence electrons. The summed E-state index contributed by atoms with van der Waals surface area (Å²) < 4.78 is 10.5. The molecule has 2 rings (SSSR count). The van der Waals surface area contributed by atoms with Gasteiger partial charge in [0.05, 0.1) is 19.9 Å². The second-order valence-corrected chi connectivity index (χ2v) is 5.22. The Labute approximate surface area is 123 Å². The first kappa shape index (κ1) is 14.7. The Morgan fingerprint density at radius 1 is 1.20 bits per heavy atom. The molecule has 2 aromatic rings. The van der Waals surface area contributed by atoms with Crippen molar-refractivity contribution >= 4 is 16.5 Å². The number of ether oxygens (including phenoxy) is 2. The lowest BCUT2D eigenvalue weighted by Crippen LogP contribution is -2.05. The van der Waals surface area contributed by atoms with E-state index < -0.39 is 0 Å². The molecule has 0 radical (unpaired) electrons. The lowest BCUT2D eigenvalue weighted by Gasteiger charge is -2.09. The molecule has 0 fully saturated rings. The van der Waals surface area contributed by atoms with E-state index in [1.165, 1.54) is 5.56 Å². The van der Waals surface area contributed by atoms with Crippen LogP contribution in [0.2, 0.25) is 0 Å². The first-order chi connectivity index (χ1) is 9.76. The van der Waals surface area contributed by atoms with Crippen LogP contribution in [-0.2, 0) is 12.8 Å². The van der Waals surface area contributed by atoms with Gasteiger partial charge in [-0.15, -0.1) is 11.3 Å². The van der Waals surface area contributed by atoms with Crippen LogP contribution >= 0.6 is 11.3 Å². The Morgan fingerprint density at radius 2 is 2.00 bits per heavy atom. The minimum Gasteiger partial charge on any atom is -0.493 e. The highest BCUT2D eigenvalue weighted by Crippen LogP contribution is 2.27. The number of hydrogen-bond donors (Lipinski definition) is 1. The molecule has 0 spiro atoms. The molecule has 1 aromatic heterocycles. The van der Waals surface area contributed by atoms with Gasteiger partial charge in [0, 0.05) is 11.9 Å². The second-order valence-electron chi connectivity index (χ2n) is 4.36. The lowest BCUT2D eigenvalue weighted by molar-refractivity contribution is 0.354. The van der Waals surface area contributed by atoms with Gasteiger partial charge < -0.3 is 14.8 Å². The summed E-state index contributed by atoms with van der Waals surface area (Å²) in [5.74, 6) is 1.53. The lowest BCUT2D eigenvalue weighted by atomic mass is 10.1. The summed E-state index contributed by atoms with van der Waals surface area (Å²) in [7, 11) is 3.30. The average Bonchev–Trinajstić information content (AvgIpc) is 2.95. The van der Waals surface area contributed by atoms with Crippen molar-refractivity contribution in [2.45, 2.75) is 19.8 Å². The molecule has 0 unspecified atom stereocenters. The Morgan fingerprint density at radius 3 is 2.65 bits per heavy atom. The van der Waals surface area contributed by atoms with E-state index in [-0.39, 0.29) is 0 Å². The van der Waals surface area contributed by atoms with Crippen molar-refractivity contribution < 1.29 is 9.47 Å². The largest absolute Gasteiger partial charge is 0.493 e. The smallest absolute Gasteiger partial charge is 0.182 e. The molecule has 1 heterocycles. The van der Waals surface area contributed by atoms with E-state index in [4.69, 9.17) is 9.47 Å². The van der Waals surface area contributed by atoms with Crippen molar-refractivity contribution in [2.24, 2.45) is 0 Å². The molecule has 0 saturated carbocycles. The molecule has 5 heteroatoms. The average molecular weight is 292 g/mol. The van der Waals surface area contributed by atoms with E-state index in [2.05, 4.69) is 28.7 Å². The molecular formula is C15H20N2O2S. The molecule has 0 atom stereocenters.